The van der Waals surface area contributed by atoms with E-state index in [9.17, 15) is 22.8 Å². The van der Waals surface area contributed by atoms with E-state index < -0.39 is 30.3 Å². The molecule has 0 aliphatic heterocycles. The van der Waals surface area contributed by atoms with Crippen molar-refractivity contribution in [2.45, 2.75) is 19.5 Å². The Balaban J connectivity index is 4.14. The third-order valence-electron chi connectivity index (χ3n) is 1.20. The molecule has 0 aromatic carbocycles. The summed E-state index contributed by atoms with van der Waals surface area (Å²) in [7, 11) is 0. The fourth-order valence-corrected chi connectivity index (χ4v) is 0.651. The van der Waals surface area contributed by atoms with E-state index in [0.29, 0.717) is 0 Å². The van der Waals surface area contributed by atoms with E-state index in [2.05, 4.69) is 0 Å². The summed E-state index contributed by atoms with van der Waals surface area (Å²) in [5.41, 5.74) is 0. The number of carbonyl (C=O) groups is 2. The maximum atomic E-state index is 11.6. The van der Waals surface area contributed by atoms with Crippen LogP contribution in [0.2, 0.25) is 0 Å². The summed E-state index contributed by atoms with van der Waals surface area (Å²) in [5.74, 6) is -4.75. The summed E-state index contributed by atoms with van der Waals surface area (Å²) in [6, 6.07) is 0. The molecule has 0 saturated carbocycles. The lowest BCUT2D eigenvalue weighted by Gasteiger charge is -2.09. The van der Waals surface area contributed by atoms with Gasteiger partial charge in [-0.15, -0.1) is 0 Å². The maximum Gasteiger partial charge on any atom is 0.389 e. The zero-order valence-corrected chi connectivity index (χ0v) is 6.18. The van der Waals surface area contributed by atoms with Gasteiger partial charge in [0.05, 0.1) is 6.42 Å². The molecule has 3 nitrogen and oxygen atoms in total. The van der Waals surface area contributed by atoms with Crippen molar-refractivity contribution in [3.8, 4) is 0 Å². The SMILES string of the molecule is C[C@H](CC(F)(F)F)C(=O)C(=O)O. The van der Waals surface area contributed by atoms with Crippen molar-refractivity contribution in [1.82, 2.24) is 0 Å². The van der Waals surface area contributed by atoms with Gasteiger partial charge in [-0.2, -0.15) is 13.2 Å². The van der Waals surface area contributed by atoms with E-state index in [1.165, 1.54) is 0 Å². The molecular weight excluding hydrogens is 177 g/mol. The minimum absolute atomic E-state index is 0.934. The topological polar surface area (TPSA) is 54.4 Å². The van der Waals surface area contributed by atoms with Crippen molar-refractivity contribution in [2.75, 3.05) is 0 Å². The Bertz CT molecular complexity index is 197. The van der Waals surface area contributed by atoms with Gasteiger partial charge in [0.1, 0.15) is 0 Å². The lowest BCUT2D eigenvalue weighted by atomic mass is 10.0. The zero-order valence-electron chi connectivity index (χ0n) is 6.18. The van der Waals surface area contributed by atoms with E-state index >= 15 is 0 Å². The fourth-order valence-electron chi connectivity index (χ4n) is 0.651. The number of ketones is 1. The van der Waals surface area contributed by atoms with Crippen molar-refractivity contribution in [3.05, 3.63) is 0 Å². The summed E-state index contributed by atoms with van der Waals surface area (Å²) in [6.07, 6.45) is -5.89. The molecule has 1 N–H and O–H groups in total. The first-order valence-electron chi connectivity index (χ1n) is 3.08. The van der Waals surface area contributed by atoms with E-state index in [1.807, 2.05) is 0 Å². The molecule has 0 spiro atoms. The lowest BCUT2D eigenvalue weighted by Crippen LogP contribution is -2.25. The van der Waals surface area contributed by atoms with Crippen LogP contribution in [0.5, 0.6) is 0 Å². The van der Waals surface area contributed by atoms with Gasteiger partial charge in [0.2, 0.25) is 5.78 Å². The Morgan fingerprint density at radius 3 is 2.08 bits per heavy atom. The number of hydrogen-bond acceptors (Lipinski definition) is 2. The van der Waals surface area contributed by atoms with Gasteiger partial charge in [-0.05, 0) is 0 Å². The number of aliphatic carboxylic acids is 1. The van der Waals surface area contributed by atoms with Crippen molar-refractivity contribution < 1.29 is 27.9 Å². The summed E-state index contributed by atoms with van der Waals surface area (Å²) in [4.78, 5) is 20.3. The van der Waals surface area contributed by atoms with Gasteiger partial charge in [-0.25, -0.2) is 4.79 Å². The molecule has 12 heavy (non-hydrogen) atoms. The van der Waals surface area contributed by atoms with Crippen molar-refractivity contribution in [1.29, 1.82) is 0 Å². The van der Waals surface area contributed by atoms with Gasteiger partial charge in [0.25, 0.3) is 0 Å². The molecule has 0 aliphatic carbocycles. The Hall–Kier alpha value is -1.07. The number of Topliss-reactive ketones (excluding diaryl/α,β-unsaturated/α-hetero) is 1. The predicted octanol–water partition coefficient (Wildman–Crippen LogP) is 1.23. The van der Waals surface area contributed by atoms with Gasteiger partial charge in [-0.1, -0.05) is 6.92 Å². The normalized spacial score (nSPS) is 14.0. The quantitative estimate of drug-likeness (QED) is 0.671. The molecule has 0 aliphatic rings. The highest BCUT2D eigenvalue weighted by atomic mass is 19.4. The van der Waals surface area contributed by atoms with Crippen LogP contribution in [0.4, 0.5) is 13.2 Å². The lowest BCUT2D eigenvalue weighted by molar-refractivity contribution is -0.160. The number of hydrogen-bond donors (Lipinski definition) is 1. The number of alkyl halides is 3. The minimum Gasteiger partial charge on any atom is -0.475 e. The average Bonchev–Trinajstić information content (AvgIpc) is 1.82. The molecule has 0 rings (SSSR count). The highest BCUT2D eigenvalue weighted by Gasteiger charge is 2.34. The Kier molecular flexibility index (Phi) is 3.24. The Labute approximate surface area is 66.2 Å². The Morgan fingerprint density at radius 1 is 1.42 bits per heavy atom. The van der Waals surface area contributed by atoms with E-state index in [0.717, 1.165) is 6.92 Å². The third kappa shape index (κ3) is 3.95. The molecule has 0 aromatic heterocycles. The summed E-state index contributed by atoms with van der Waals surface area (Å²) in [5, 5.41) is 8.03. The van der Waals surface area contributed by atoms with Gasteiger partial charge < -0.3 is 5.11 Å². The van der Waals surface area contributed by atoms with Crippen molar-refractivity contribution in [3.63, 3.8) is 0 Å². The van der Waals surface area contributed by atoms with Gasteiger partial charge in [-0.3, -0.25) is 4.79 Å². The second-order valence-electron chi connectivity index (χ2n) is 2.39. The first-order valence-corrected chi connectivity index (χ1v) is 3.08. The Morgan fingerprint density at radius 2 is 1.83 bits per heavy atom. The third-order valence-corrected chi connectivity index (χ3v) is 1.20. The standard InChI is InChI=1S/C6H7F3O3/c1-3(2-6(7,8)9)4(10)5(11)12/h3H,2H2,1H3,(H,11,12)/t3-/m1/s1. The highest BCUT2D eigenvalue weighted by Crippen LogP contribution is 2.24. The van der Waals surface area contributed by atoms with Gasteiger partial charge in [0.15, 0.2) is 0 Å². The molecule has 0 amide bonds. The van der Waals surface area contributed by atoms with E-state index in [-0.39, 0.29) is 0 Å². The maximum absolute atomic E-state index is 11.6. The van der Waals surface area contributed by atoms with Crippen LogP contribution in [-0.2, 0) is 9.59 Å². The first kappa shape index (κ1) is 10.9. The predicted molar refractivity (Wildman–Crippen MR) is 32.5 cm³/mol. The summed E-state index contributed by atoms with van der Waals surface area (Å²) in [6.45, 7) is 0.934. The fraction of sp³-hybridized carbons (Fsp3) is 0.667. The first-order chi connectivity index (χ1) is 5.24. The summed E-state index contributed by atoms with van der Waals surface area (Å²) < 4.78 is 34.8. The van der Waals surface area contributed by atoms with Crippen molar-refractivity contribution in [2.24, 2.45) is 5.92 Å². The molecule has 0 radical (unpaired) electrons. The number of carboxylic acids is 1. The molecule has 1 atom stereocenters. The van der Waals surface area contributed by atoms with E-state index in [1.54, 1.807) is 0 Å². The van der Waals surface area contributed by atoms with Crippen LogP contribution in [-0.4, -0.2) is 23.0 Å². The molecule has 0 heterocycles. The second-order valence-corrected chi connectivity index (χ2v) is 2.39. The van der Waals surface area contributed by atoms with Crippen LogP contribution in [0.1, 0.15) is 13.3 Å². The number of rotatable bonds is 3. The van der Waals surface area contributed by atoms with E-state index in [4.69, 9.17) is 5.11 Å². The molecule has 70 valence electrons. The van der Waals surface area contributed by atoms with Crippen LogP contribution < -0.4 is 0 Å². The van der Waals surface area contributed by atoms with Gasteiger partial charge >= 0.3 is 12.1 Å². The minimum atomic E-state index is -4.50. The van der Waals surface area contributed by atoms with Crippen LogP contribution in [0.25, 0.3) is 0 Å². The van der Waals surface area contributed by atoms with Crippen molar-refractivity contribution >= 4 is 11.8 Å². The molecule has 0 bridgehead atoms. The summed E-state index contributed by atoms with van der Waals surface area (Å²) >= 11 is 0. The highest BCUT2D eigenvalue weighted by molar-refractivity contribution is 6.33. The number of carboxylic acid groups (broad SMARTS) is 1. The molecule has 0 saturated heterocycles. The van der Waals surface area contributed by atoms with Crippen LogP contribution in [0.15, 0.2) is 0 Å². The number of carbonyl (C=O) groups excluding carboxylic acids is 1. The molecule has 0 unspecified atom stereocenters. The smallest absolute Gasteiger partial charge is 0.389 e. The van der Waals surface area contributed by atoms with Gasteiger partial charge in [0, 0.05) is 5.92 Å². The molecule has 0 aromatic rings. The van der Waals surface area contributed by atoms with Crippen LogP contribution in [0.3, 0.4) is 0 Å². The largest absolute Gasteiger partial charge is 0.475 e. The zero-order chi connectivity index (χ0) is 9.94. The second kappa shape index (κ2) is 3.55. The number of halogens is 3. The average molecular weight is 184 g/mol. The van der Waals surface area contributed by atoms with Crippen LogP contribution in [0, 0.1) is 5.92 Å². The molecule has 0 fully saturated rings. The molecule has 6 heteroatoms. The van der Waals surface area contributed by atoms with Crippen LogP contribution >= 0.6 is 0 Å². The molecular formula is C6H7F3O3. The monoisotopic (exact) mass is 184 g/mol.